The molecule has 0 aliphatic heterocycles. The van der Waals surface area contributed by atoms with Gasteiger partial charge in [-0.25, -0.2) is 0 Å². The molecule has 0 saturated heterocycles. The molecule has 14 heteroatoms. The molecule has 0 atom stereocenters. The van der Waals surface area contributed by atoms with E-state index in [0.29, 0.717) is 45.6 Å². The first-order valence-corrected chi connectivity index (χ1v) is 19.0. The standard InChI is InChI=1S/C44H46Cl2F6N4O2/c1-39(2,3)29-13-23(14-30(37(29)57)40(4,5)6)21-53-55-35-19-33(45)25(17-27(35)43(47,48)49)26-18-28(44(50,51)52)36(20-34(26)46)56-54-22-24-15-31(41(7,8)9)38(58)32(16-24)42(10,11)12/h13-22H,1-12H3/b55-53+,56-54+. The van der Waals surface area contributed by atoms with Crippen molar-refractivity contribution in [2.24, 2.45) is 42.1 Å². The minimum atomic E-state index is -5.04. The number of hydrogen-bond acceptors (Lipinski definition) is 6. The van der Waals surface area contributed by atoms with Crippen molar-refractivity contribution < 1.29 is 35.9 Å². The lowest BCUT2D eigenvalue weighted by Crippen LogP contribution is -2.27. The van der Waals surface area contributed by atoms with Crippen LogP contribution in [-0.2, 0) is 21.9 Å². The summed E-state index contributed by atoms with van der Waals surface area (Å²) in [6.07, 6.45) is -1.21. The Kier molecular flexibility index (Phi) is 12.7. The average Bonchev–Trinajstić information content (AvgIpc) is 3.03. The molecule has 2 aliphatic rings. The van der Waals surface area contributed by atoms with Crippen LogP contribution in [0.5, 0.6) is 0 Å². The van der Waals surface area contributed by atoms with Gasteiger partial charge in [0.1, 0.15) is 0 Å². The summed E-state index contributed by atoms with van der Waals surface area (Å²) in [5, 5.41) is 14.6. The van der Waals surface area contributed by atoms with Crippen LogP contribution in [0.25, 0.3) is 11.1 Å². The second-order valence-corrected chi connectivity index (χ2v) is 19.1. The van der Waals surface area contributed by atoms with Gasteiger partial charge in [0.25, 0.3) is 0 Å². The first kappa shape index (κ1) is 46.3. The van der Waals surface area contributed by atoms with Crippen molar-refractivity contribution in [3.8, 4) is 11.1 Å². The minimum absolute atomic E-state index is 0.144. The summed E-state index contributed by atoms with van der Waals surface area (Å²) in [7, 11) is 0. The highest BCUT2D eigenvalue weighted by Crippen LogP contribution is 2.48. The van der Waals surface area contributed by atoms with Gasteiger partial charge in [-0.3, -0.25) is 9.59 Å². The number of hydrogen-bond donors (Lipinski definition) is 0. The molecular formula is C44H46Cl2F6N4O2. The highest BCUT2D eigenvalue weighted by Gasteiger charge is 2.39. The smallest absolute Gasteiger partial charge is 0.289 e. The van der Waals surface area contributed by atoms with Crippen molar-refractivity contribution in [3.05, 3.63) is 116 Å². The van der Waals surface area contributed by atoms with Crippen molar-refractivity contribution in [1.29, 1.82) is 0 Å². The molecule has 58 heavy (non-hydrogen) atoms. The molecule has 0 amide bonds. The Balaban J connectivity index is 1.81. The number of benzene rings is 2. The summed E-state index contributed by atoms with van der Waals surface area (Å²) in [5.41, 5.74) is -4.31. The van der Waals surface area contributed by atoms with Gasteiger partial charge >= 0.3 is 12.4 Å². The Morgan fingerprint density at radius 2 is 0.724 bits per heavy atom. The summed E-state index contributed by atoms with van der Waals surface area (Å²) < 4.78 is 87.0. The SMILES string of the molecule is CC(C)(C)C1=CC(=C/N=N/c2cc(Cl)c(-c3cc(C(F)(F)F)c(/N=N/C=C4C=C(C(C)(C)C)C(=O)C(C(C)(C)C)=C4)cc3Cl)cc2C(F)(F)F)C=C(C(C)(C)C)C1=O. The number of Topliss-reactive ketones (excluding diaryl/α,β-unsaturated/α-hetero) is 2. The first-order chi connectivity index (χ1) is 26.2. The summed E-state index contributed by atoms with van der Waals surface area (Å²) in [6, 6.07) is 2.81. The lowest BCUT2D eigenvalue weighted by Gasteiger charge is -2.31. The van der Waals surface area contributed by atoms with Gasteiger partial charge in [-0.05, 0) is 81.4 Å². The van der Waals surface area contributed by atoms with Crippen molar-refractivity contribution >= 4 is 46.1 Å². The van der Waals surface area contributed by atoms with Gasteiger partial charge in [-0.1, -0.05) is 106 Å². The van der Waals surface area contributed by atoms with Gasteiger partial charge in [-0.15, -0.1) is 0 Å². The molecule has 0 fully saturated rings. The van der Waals surface area contributed by atoms with Crippen LogP contribution in [0.2, 0.25) is 10.0 Å². The van der Waals surface area contributed by atoms with E-state index in [9.17, 15) is 35.9 Å². The van der Waals surface area contributed by atoms with E-state index < -0.39 is 67.6 Å². The molecule has 0 spiro atoms. The highest BCUT2D eigenvalue weighted by atomic mass is 35.5. The lowest BCUT2D eigenvalue weighted by atomic mass is 9.72. The number of carbonyl (C=O) groups is 2. The Morgan fingerprint density at radius 1 is 0.466 bits per heavy atom. The zero-order valence-corrected chi connectivity index (χ0v) is 35.9. The quantitative estimate of drug-likeness (QED) is 0.222. The van der Waals surface area contributed by atoms with Crippen molar-refractivity contribution in [3.63, 3.8) is 0 Å². The molecule has 6 nitrogen and oxygen atoms in total. The van der Waals surface area contributed by atoms with Gasteiger partial charge in [0.2, 0.25) is 0 Å². The third kappa shape index (κ3) is 10.6. The molecule has 2 aromatic carbocycles. The Hall–Kier alpha value is -4.42. The number of carbonyl (C=O) groups excluding carboxylic acids is 2. The molecule has 2 aliphatic carbocycles. The Morgan fingerprint density at radius 3 is 0.948 bits per heavy atom. The number of rotatable bonds is 5. The number of allylic oxidation sites excluding steroid dienone is 10. The number of alkyl halides is 6. The van der Waals surface area contributed by atoms with E-state index in [4.69, 9.17) is 23.2 Å². The number of azo groups is 2. The number of ketones is 2. The van der Waals surface area contributed by atoms with E-state index in [1.54, 1.807) is 24.3 Å². The van der Waals surface area contributed by atoms with E-state index >= 15 is 0 Å². The van der Waals surface area contributed by atoms with E-state index in [-0.39, 0.29) is 21.6 Å². The van der Waals surface area contributed by atoms with Gasteiger partial charge < -0.3 is 0 Å². The largest absolute Gasteiger partial charge is 0.418 e. The average molecular weight is 848 g/mol. The van der Waals surface area contributed by atoms with Crippen LogP contribution < -0.4 is 0 Å². The van der Waals surface area contributed by atoms with E-state index in [2.05, 4.69) is 20.5 Å². The van der Waals surface area contributed by atoms with Crippen LogP contribution in [0.15, 0.2) is 115 Å². The van der Waals surface area contributed by atoms with Gasteiger partial charge in [-0.2, -0.15) is 46.8 Å². The highest BCUT2D eigenvalue weighted by molar-refractivity contribution is 6.37. The summed E-state index contributed by atoms with van der Waals surface area (Å²) in [6.45, 7) is 22.4. The van der Waals surface area contributed by atoms with E-state index in [1.165, 1.54) is 12.4 Å². The van der Waals surface area contributed by atoms with Crippen molar-refractivity contribution in [2.75, 3.05) is 0 Å². The van der Waals surface area contributed by atoms with E-state index in [0.717, 1.165) is 12.1 Å². The monoisotopic (exact) mass is 846 g/mol. The lowest BCUT2D eigenvalue weighted by molar-refractivity contribution is -0.138. The fourth-order valence-corrected chi connectivity index (χ4v) is 6.67. The normalized spacial score (nSPS) is 16.6. The predicted molar refractivity (Wildman–Crippen MR) is 217 cm³/mol. The zero-order chi connectivity index (χ0) is 44.1. The maximum Gasteiger partial charge on any atom is 0.418 e. The molecule has 0 radical (unpaired) electrons. The maximum atomic E-state index is 14.5. The second kappa shape index (κ2) is 16.0. The summed E-state index contributed by atoms with van der Waals surface area (Å²) in [4.78, 5) is 26.5. The molecule has 0 aromatic heterocycles. The molecule has 0 heterocycles. The molecule has 0 unspecified atom stereocenters. The van der Waals surface area contributed by atoms with Gasteiger partial charge in [0.05, 0.1) is 44.9 Å². The molecule has 0 N–H and O–H groups in total. The van der Waals surface area contributed by atoms with Crippen molar-refractivity contribution in [2.45, 2.75) is 95.4 Å². The number of nitrogens with zero attached hydrogens (tertiary/aromatic N) is 4. The van der Waals surface area contributed by atoms with Crippen LogP contribution >= 0.6 is 23.2 Å². The van der Waals surface area contributed by atoms with Crippen LogP contribution in [0.4, 0.5) is 37.7 Å². The fraction of sp³-hybridized carbons (Fsp3) is 0.409. The predicted octanol–water partition coefficient (Wildman–Crippen LogP) is 15.7. The molecule has 4 rings (SSSR count). The van der Waals surface area contributed by atoms with Crippen LogP contribution in [-0.4, -0.2) is 11.6 Å². The van der Waals surface area contributed by atoms with Gasteiger partial charge in [0, 0.05) is 33.4 Å². The Labute approximate surface area is 345 Å². The molecule has 2 aromatic rings. The molecule has 0 saturated carbocycles. The minimum Gasteiger partial charge on any atom is -0.289 e. The van der Waals surface area contributed by atoms with Gasteiger partial charge in [0.15, 0.2) is 11.6 Å². The summed E-state index contributed by atoms with van der Waals surface area (Å²) in [5.74, 6) is -0.289. The molecular weight excluding hydrogens is 801 g/mol. The third-order valence-electron chi connectivity index (χ3n) is 9.27. The third-order valence-corrected chi connectivity index (χ3v) is 9.90. The maximum absolute atomic E-state index is 14.5. The fourth-order valence-electron chi connectivity index (χ4n) is 6.15. The summed E-state index contributed by atoms with van der Waals surface area (Å²) >= 11 is 12.9. The first-order valence-electron chi connectivity index (χ1n) is 18.2. The van der Waals surface area contributed by atoms with Crippen molar-refractivity contribution in [1.82, 2.24) is 0 Å². The topological polar surface area (TPSA) is 83.6 Å². The number of halogens is 8. The molecule has 310 valence electrons. The Bertz CT molecular complexity index is 2060. The zero-order valence-electron chi connectivity index (χ0n) is 34.4. The second-order valence-electron chi connectivity index (χ2n) is 18.3. The molecule has 0 bridgehead atoms. The van der Waals surface area contributed by atoms with E-state index in [1.807, 2.05) is 83.1 Å². The van der Waals surface area contributed by atoms with Crippen LogP contribution in [0.3, 0.4) is 0 Å². The van der Waals surface area contributed by atoms with Crippen LogP contribution in [0, 0.1) is 21.7 Å². The van der Waals surface area contributed by atoms with Crippen LogP contribution in [0.1, 0.15) is 94.2 Å².